The van der Waals surface area contributed by atoms with Gasteiger partial charge in [0.1, 0.15) is 0 Å². The van der Waals surface area contributed by atoms with Gasteiger partial charge in [-0.3, -0.25) is 0 Å². The fourth-order valence-corrected chi connectivity index (χ4v) is 1.17. The van der Waals surface area contributed by atoms with Crippen LogP contribution in [-0.2, 0) is 6.54 Å². The van der Waals surface area contributed by atoms with Crippen LogP contribution in [0.3, 0.4) is 0 Å². The first-order chi connectivity index (χ1) is 6.70. The van der Waals surface area contributed by atoms with E-state index in [4.69, 9.17) is 4.74 Å². The molecule has 0 heterocycles. The third-order valence-electron chi connectivity index (χ3n) is 1.79. The van der Waals surface area contributed by atoms with E-state index in [1.807, 2.05) is 0 Å². The first-order valence-corrected chi connectivity index (χ1v) is 4.45. The van der Waals surface area contributed by atoms with Crippen molar-refractivity contribution in [1.82, 2.24) is 5.32 Å². The van der Waals surface area contributed by atoms with Gasteiger partial charge < -0.3 is 10.1 Å². The normalized spacial score (nSPS) is 10.3. The molecule has 0 unspecified atom stereocenters. The van der Waals surface area contributed by atoms with Crippen LogP contribution in [0.2, 0.25) is 0 Å². The summed E-state index contributed by atoms with van der Waals surface area (Å²) in [6, 6.07) is 2.95. The Balaban J connectivity index is 2.99. The predicted octanol–water partition coefficient (Wildman–Crippen LogP) is 2.08. The highest BCUT2D eigenvalue weighted by Crippen LogP contribution is 2.22. The van der Waals surface area contributed by atoms with Crippen molar-refractivity contribution in [2.75, 3.05) is 13.7 Å². The number of benzene rings is 1. The van der Waals surface area contributed by atoms with E-state index in [0.29, 0.717) is 18.7 Å². The molecule has 0 saturated carbocycles. The Morgan fingerprint density at radius 2 is 2.00 bits per heavy atom. The van der Waals surface area contributed by atoms with Gasteiger partial charge in [0.25, 0.3) is 0 Å². The Morgan fingerprint density at radius 3 is 2.57 bits per heavy atom. The molecule has 0 amide bonds. The maximum atomic E-state index is 13.3. The first kappa shape index (κ1) is 10.9. The second-order valence-corrected chi connectivity index (χ2v) is 2.81. The molecule has 0 aromatic heterocycles. The van der Waals surface area contributed by atoms with Gasteiger partial charge in [-0.2, -0.15) is 4.39 Å². The average molecular weight is 201 g/mol. The van der Waals surface area contributed by atoms with Gasteiger partial charge in [-0.1, -0.05) is 6.07 Å². The number of hydrogen-bond donors (Lipinski definition) is 1. The van der Waals surface area contributed by atoms with Gasteiger partial charge >= 0.3 is 0 Å². The number of ether oxygens (including phenoxy) is 1. The van der Waals surface area contributed by atoms with Gasteiger partial charge in [0, 0.05) is 12.1 Å². The zero-order valence-electron chi connectivity index (χ0n) is 8.23. The largest absolute Gasteiger partial charge is 0.491 e. The lowest BCUT2D eigenvalue weighted by molar-refractivity contribution is 0.313. The van der Waals surface area contributed by atoms with Gasteiger partial charge in [-0.15, -0.1) is 0 Å². The molecule has 1 aromatic rings. The number of nitrogens with one attached hydrogen (secondary N) is 1. The molecular weight excluding hydrogens is 188 g/mol. The van der Waals surface area contributed by atoms with Crippen LogP contribution >= 0.6 is 0 Å². The van der Waals surface area contributed by atoms with E-state index in [1.54, 1.807) is 14.0 Å². The summed E-state index contributed by atoms with van der Waals surface area (Å²) in [7, 11) is 1.67. The lowest BCUT2D eigenvalue weighted by Gasteiger charge is -2.08. The van der Waals surface area contributed by atoms with Gasteiger partial charge in [0.05, 0.1) is 6.61 Å². The SMILES string of the molecule is CCOc1ccc(CNC)c(F)c1F. The zero-order valence-corrected chi connectivity index (χ0v) is 8.23. The van der Waals surface area contributed by atoms with Crippen molar-refractivity contribution in [2.45, 2.75) is 13.5 Å². The van der Waals surface area contributed by atoms with E-state index >= 15 is 0 Å². The zero-order chi connectivity index (χ0) is 10.6. The molecule has 0 atom stereocenters. The van der Waals surface area contributed by atoms with Crippen molar-refractivity contribution in [3.05, 3.63) is 29.3 Å². The van der Waals surface area contributed by atoms with Crippen LogP contribution in [0.1, 0.15) is 12.5 Å². The van der Waals surface area contributed by atoms with Gasteiger partial charge in [-0.25, -0.2) is 4.39 Å². The van der Waals surface area contributed by atoms with Crippen LogP contribution in [-0.4, -0.2) is 13.7 Å². The fourth-order valence-electron chi connectivity index (χ4n) is 1.17. The Labute approximate surface area is 81.9 Å². The molecule has 0 radical (unpaired) electrons. The van der Waals surface area contributed by atoms with Crippen molar-refractivity contribution in [3.8, 4) is 5.75 Å². The van der Waals surface area contributed by atoms with Gasteiger partial charge in [0.15, 0.2) is 11.6 Å². The first-order valence-electron chi connectivity index (χ1n) is 4.45. The van der Waals surface area contributed by atoms with Crippen LogP contribution in [0.4, 0.5) is 8.78 Å². The summed E-state index contributed by atoms with van der Waals surface area (Å²) in [4.78, 5) is 0. The molecule has 0 aliphatic carbocycles. The Bertz CT molecular complexity index is 284. The van der Waals surface area contributed by atoms with Gasteiger partial charge in [-0.05, 0) is 20.0 Å². The van der Waals surface area contributed by atoms with Crippen LogP contribution in [0.25, 0.3) is 0 Å². The third-order valence-corrected chi connectivity index (χ3v) is 1.79. The summed E-state index contributed by atoms with van der Waals surface area (Å²) in [5.41, 5.74) is 0.299. The van der Waals surface area contributed by atoms with Crippen molar-refractivity contribution in [3.63, 3.8) is 0 Å². The van der Waals surface area contributed by atoms with Crippen LogP contribution in [0.5, 0.6) is 5.75 Å². The van der Waals surface area contributed by atoms with Gasteiger partial charge in [0.2, 0.25) is 5.82 Å². The van der Waals surface area contributed by atoms with E-state index in [9.17, 15) is 8.78 Å². The highest BCUT2D eigenvalue weighted by atomic mass is 19.2. The molecule has 78 valence electrons. The summed E-state index contributed by atoms with van der Waals surface area (Å²) in [5.74, 6) is -1.80. The molecular formula is C10H13F2NO. The fraction of sp³-hybridized carbons (Fsp3) is 0.400. The molecule has 0 spiro atoms. The molecule has 1 N–H and O–H groups in total. The third kappa shape index (κ3) is 2.20. The van der Waals surface area contributed by atoms with E-state index in [0.717, 1.165) is 0 Å². The summed E-state index contributed by atoms with van der Waals surface area (Å²) >= 11 is 0. The standard InChI is InChI=1S/C10H13F2NO/c1-3-14-8-5-4-7(6-13-2)9(11)10(8)12/h4-5,13H,3,6H2,1-2H3. The van der Waals surface area contributed by atoms with Crippen LogP contribution < -0.4 is 10.1 Å². The van der Waals surface area contributed by atoms with E-state index in [-0.39, 0.29) is 5.75 Å². The topological polar surface area (TPSA) is 21.3 Å². The molecule has 0 saturated heterocycles. The monoisotopic (exact) mass is 201 g/mol. The van der Waals surface area contributed by atoms with Crippen molar-refractivity contribution in [2.24, 2.45) is 0 Å². The molecule has 14 heavy (non-hydrogen) atoms. The summed E-state index contributed by atoms with van der Waals surface area (Å²) in [6.45, 7) is 2.34. The highest BCUT2D eigenvalue weighted by Gasteiger charge is 2.13. The molecule has 0 aliphatic heterocycles. The minimum absolute atomic E-state index is 0.0372. The maximum absolute atomic E-state index is 13.3. The smallest absolute Gasteiger partial charge is 0.200 e. The minimum atomic E-state index is -0.917. The predicted molar refractivity (Wildman–Crippen MR) is 50.3 cm³/mol. The lowest BCUT2D eigenvalue weighted by atomic mass is 10.2. The van der Waals surface area contributed by atoms with E-state index in [1.165, 1.54) is 12.1 Å². The second kappa shape index (κ2) is 4.91. The Morgan fingerprint density at radius 1 is 1.29 bits per heavy atom. The molecule has 0 aliphatic rings. The molecule has 0 bridgehead atoms. The Hall–Kier alpha value is -1.16. The molecule has 4 heteroatoms. The second-order valence-electron chi connectivity index (χ2n) is 2.81. The van der Waals surface area contributed by atoms with E-state index in [2.05, 4.69) is 5.32 Å². The summed E-state index contributed by atoms with van der Waals surface area (Å²) in [5, 5.41) is 2.76. The number of rotatable bonds is 4. The molecule has 1 aromatic carbocycles. The van der Waals surface area contributed by atoms with Crippen molar-refractivity contribution in [1.29, 1.82) is 0 Å². The molecule has 0 fully saturated rings. The quantitative estimate of drug-likeness (QED) is 0.805. The van der Waals surface area contributed by atoms with E-state index < -0.39 is 11.6 Å². The number of hydrogen-bond acceptors (Lipinski definition) is 2. The van der Waals surface area contributed by atoms with Crippen molar-refractivity contribution >= 4 is 0 Å². The summed E-state index contributed by atoms with van der Waals surface area (Å²) < 4.78 is 31.4. The maximum Gasteiger partial charge on any atom is 0.200 e. The van der Waals surface area contributed by atoms with Crippen LogP contribution in [0.15, 0.2) is 12.1 Å². The number of halogens is 2. The summed E-state index contributed by atoms with van der Waals surface area (Å²) in [6.07, 6.45) is 0. The van der Waals surface area contributed by atoms with Crippen molar-refractivity contribution < 1.29 is 13.5 Å². The average Bonchev–Trinajstić information content (AvgIpc) is 2.18. The lowest BCUT2D eigenvalue weighted by Crippen LogP contribution is -2.09. The molecule has 1 rings (SSSR count). The minimum Gasteiger partial charge on any atom is -0.491 e. The molecule has 2 nitrogen and oxygen atoms in total. The van der Waals surface area contributed by atoms with Crippen LogP contribution in [0, 0.1) is 11.6 Å². The Kier molecular flexibility index (Phi) is 3.83. The highest BCUT2D eigenvalue weighted by molar-refractivity contribution is 5.31.